The van der Waals surface area contributed by atoms with Crippen molar-refractivity contribution in [1.29, 1.82) is 0 Å². The third-order valence-electron chi connectivity index (χ3n) is 4.53. The number of ketones is 1. The van der Waals surface area contributed by atoms with E-state index in [0.717, 1.165) is 30.4 Å². The second-order valence-electron chi connectivity index (χ2n) is 6.50. The van der Waals surface area contributed by atoms with Gasteiger partial charge in [-0.15, -0.1) is 0 Å². The largest absolute Gasteiger partial charge is 0.383 e. The number of allylic oxidation sites excluding steroid dienone is 1. The molecule has 2 aliphatic rings. The van der Waals surface area contributed by atoms with E-state index in [0.29, 0.717) is 6.61 Å². The molecule has 136 valence electrons. The number of hydrogen-bond acceptors (Lipinski definition) is 6. The van der Waals surface area contributed by atoms with E-state index in [1.165, 1.54) is 36.5 Å². The van der Waals surface area contributed by atoms with E-state index in [2.05, 4.69) is 33.3 Å². The van der Waals surface area contributed by atoms with Crippen molar-refractivity contribution < 1.29 is 9.53 Å². The van der Waals surface area contributed by atoms with Crippen LogP contribution in [0.25, 0.3) is 0 Å². The summed E-state index contributed by atoms with van der Waals surface area (Å²) in [5, 5.41) is 4.43. The van der Waals surface area contributed by atoms with Crippen LogP contribution in [-0.4, -0.2) is 57.1 Å². The summed E-state index contributed by atoms with van der Waals surface area (Å²) >= 11 is 1.69. The standard InChI is InChI=1S/C19H27N3O2S/c1-15(23)13-19-22(11-10-21-8-3-4-9-21)17-14-16(20-7-12-24-2)5-6-18(17)25-19/h5-6,13-14,20H,3-4,7-12H2,1-2H3/b19-13-. The lowest BCUT2D eigenvalue weighted by atomic mass is 10.2. The summed E-state index contributed by atoms with van der Waals surface area (Å²) in [6.07, 6.45) is 4.36. The van der Waals surface area contributed by atoms with E-state index in [-0.39, 0.29) is 5.78 Å². The minimum atomic E-state index is 0.0971. The molecule has 1 aromatic carbocycles. The number of rotatable bonds is 8. The summed E-state index contributed by atoms with van der Waals surface area (Å²) in [6, 6.07) is 6.42. The van der Waals surface area contributed by atoms with Crippen LogP contribution in [0.2, 0.25) is 0 Å². The predicted molar refractivity (Wildman–Crippen MR) is 104 cm³/mol. The molecule has 1 N–H and O–H groups in total. The summed E-state index contributed by atoms with van der Waals surface area (Å²) < 4.78 is 5.10. The average Bonchev–Trinajstić information content (AvgIpc) is 3.20. The fourth-order valence-electron chi connectivity index (χ4n) is 3.27. The lowest BCUT2D eigenvalue weighted by molar-refractivity contribution is -0.112. The van der Waals surface area contributed by atoms with Crippen molar-refractivity contribution in [3.63, 3.8) is 0 Å². The first kappa shape index (κ1) is 18.3. The molecule has 6 heteroatoms. The maximum atomic E-state index is 11.6. The first-order chi connectivity index (χ1) is 12.2. The molecule has 3 rings (SSSR count). The molecule has 0 radical (unpaired) electrons. The number of benzene rings is 1. The number of nitrogens with one attached hydrogen (secondary N) is 1. The zero-order valence-electron chi connectivity index (χ0n) is 15.1. The average molecular weight is 362 g/mol. The van der Waals surface area contributed by atoms with Gasteiger partial charge < -0.3 is 19.9 Å². The topological polar surface area (TPSA) is 44.8 Å². The van der Waals surface area contributed by atoms with Gasteiger partial charge in [-0.05, 0) is 51.1 Å². The molecule has 0 bridgehead atoms. The Hall–Kier alpha value is -1.50. The second-order valence-corrected chi connectivity index (χ2v) is 7.56. The normalized spacial score (nSPS) is 18.8. The van der Waals surface area contributed by atoms with Crippen molar-refractivity contribution in [2.75, 3.05) is 56.7 Å². The second kappa shape index (κ2) is 8.74. The van der Waals surface area contributed by atoms with Gasteiger partial charge in [0, 0.05) is 43.4 Å². The number of methoxy groups -OCH3 is 1. The van der Waals surface area contributed by atoms with Crippen molar-refractivity contribution in [2.24, 2.45) is 0 Å². The Balaban J connectivity index is 1.76. The van der Waals surface area contributed by atoms with Crippen LogP contribution in [0.15, 0.2) is 34.2 Å². The first-order valence-electron chi connectivity index (χ1n) is 8.94. The van der Waals surface area contributed by atoms with E-state index in [9.17, 15) is 4.79 Å². The summed E-state index contributed by atoms with van der Waals surface area (Å²) in [5.41, 5.74) is 2.28. The van der Waals surface area contributed by atoms with Gasteiger partial charge in [0.25, 0.3) is 0 Å². The van der Waals surface area contributed by atoms with Crippen LogP contribution in [0.5, 0.6) is 0 Å². The van der Waals surface area contributed by atoms with Crippen molar-refractivity contribution >= 4 is 28.9 Å². The van der Waals surface area contributed by atoms with Crippen LogP contribution in [0.1, 0.15) is 19.8 Å². The third kappa shape index (κ3) is 4.77. The molecule has 1 aromatic rings. The first-order valence-corrected chi connectivity index (χ1v) is 9.76. The number of carbonyl (C=O) groups excluding carboxylic acids is 1. The van der Waals surface area contributed by atoms with E-state index < -0.39 is 0 Å². The molecule has 0 atom stereocenters. The molecule has 0 aliphatic carbocycles. The van der Waals surface area contributed by atoms with Gasteiger partial charge in [-0.1, -0.05) is 11.8 Å². The number of thioether (sulfide) groups is 1. The van der Waals surface area contributed by atoms with E-state index >= 15 is 0 Å². The smallest absolute Gasteiger partial charge is 0.155 e. The number of anilines is 2. The molecular formula is C19H27N3O2S. The molecule has 5 nitrogen and oxygen atoms in total. The van der Waals surface area contributed by atoms with Crippen LogP contribution in [0.3, 0.4) is 0 Å². The number of likely N-dealkylation sites (tertiary alicyclic amines) is 1. The number of nitrogens with zero attached hydrogens (tertiary/aromatic N) is 2. The molecule has 0 saturated carbocycles. The van der Waals surface area contributed by atoms with E-state index in [4.69, 9.17) is 4.74 Å². The summed E-state index contributed by atoms with van der Waals surface area (Å²) in [6.45, 7) is 7.42. The minimum Gasteiger partial charge on any atom is -0.383 e. The van der Waals surface area contributed by atoms with Crippen LogP contribution >= 0.6 is 11.8 Å². The zero-order chi connectivity index (χ0) is 17.6. The highest BCUT2D eigenvalue weighted by molar-refractivity contribution is 8.03. The molecular weight excluding hydrogens is 334 g/mol. The van der Waals surface area contributed by atoms with Crippen LogP contribution in [0.4, 0.5) is 11.4 Å². The molecule has 0 spiro atoms. The van der Waals surface area contributed by atoms with E-state index in [1.54, 1.807) is 31.9 Å². The lowest BCUT2D eigenvalue weighted by Crippen LogP contribution is -2.31. The molecule has 1 saturated heterocycles. The lowest BCUT2D eigenvalue weighted by Gasteiger charge is -2.24. The van der Waals surface area contributed by atoms with Crippen LogP contribution < -0.4 is 10.2 Å². The molecule has 2 heterocycles. The molecule has 25 heavy (non-hydrogen) atoms. The molecule has 0 amide bonds. The van der Waals surface area contributed by atoms with Gasteiger partial charge in [-0.3, -0.25) is 4.79 Å². The monoisotopic (exact) mass is 361 g/mol. The Morgan fingerprint density at radius 1 is 1.32 bits per heavy atom. The van der Waals surface area contributed by atoms with Crippen LogP contribution in [0, 0.1) is 0 Å². The van der Waals surface area contributed by atoms with Gasteiger partial charge in [0.1, 0.15) is 0 Å². The van der Waals surface area contributed by atoms with E-state index in [1.807, 2.05) is 0 Å². The Morgan fingerprint density at radius 2 is 2.12 bits per heavy atom. The number of carbonyl (C=O) groups is 1. The van der Waals surface area contributed by atoms with Gasteiger partial charge in [0.2, 0.25) is 0 Å². The number of fused-ring (bicyclic) bond motifs is 1. The van der Waals surface area contributed by atoms with Gasteiger partial charge >= 0.3 is 0 Å². The highest BCUT2D eigenvalue weighted by atomic mass is 32.2. The maximum absolute atomic E-state index is 11.6. The summed E-state index contributed by atoms with van der Waals surface area (Å²) in [5.74, 6) is 0.0971. The number of ether oxygens (including phenoxy) is 1. The Kier molecular flexibility index (Phi) is 6.39. The maximum Gasteiger partial charge on any atom is 0.155 e. The third-order valence-corrected chi connectivity index (χ3v) is 5.64. The van der Waals surface area contributed by atoms with Gasteiger partial charge in [0.05, 0.1) is 17.3 Å². The van der Waals surface area contributed by atoms with Gasteiger partial charge in [0.15, 0.2) is 5.78 Å². The Bertz CT molecular complexity index is 642. The van der Waals surface area contributed by atoms with Gasteiger partial charge in [-0.25, -0.2) is 0 Å². The summed E-state index contributed by atoms with van der Waals surface area (Å²) in [7, 11) is 1.71. The Labute approximate surface area is 154 Å². The fourth-order valence-corrected chi connectivity index (χ4v) is 4.43. The fraction of sp³-hybridized carbons (Fsp3) is 0.526. The quantitative estimate of drug-likeness (QED) is 0.567. The highest BCUT2D eigenvalue weighted by Crippen LogP contribution is 2.46. The Morgan fingerprint density at radius 3 is 2.84 bits per heavy atom. The minimum absolute atomic E-state index is 0.0971. The van der Waals surface area contributed by atoms with Crippen molar-refractivity contribution in [3.05, 3.63) is 29.3 Å². The molecule has 1 fully saturated rings. The van der Waals surface area contributed by atoms with Gasteiger partial charge in [-0.2, -0.15) is 0 Å². The van der Waals surface area contributed by atoms with Crippen LogP contribution in [-0.2, 0) is 9.53 Å². The molecule has 2 aliphatic heterocycles. The predicted octanol–water partition coefficient (Wildman–Crippen LogP) is 3.18. The number of hydrogen-bond donors (Lipinski definition) is 1. The summed E-state index contributed by atoms with van der Waals surface area (Å²) in [4.78, 5) is 17.7. The van der Waals surface area contributed by atoms with Crippen molar-refractivity contribution in [2.45, 2.75) is 24.7 Å². The zero-order valence-corrected chi connectivity index (χ0v) is 15.9. The highest BCUT2D eigenvalue weighted by Gasteiger charge is 2.26. The van der Waals surface area contributed by atoms with Crippen molar-refractivity contribution in [1.82, 2.24) is 4.90 Å². The molecule has 0 unspecified atom stereocenters. The molecule has 0 aromatic heterocycles. The van der Waals surface area contributed by atoms with Crippen molar-refractivity contribution in [3.8, 4) is 0 Å². The SMILES string of the molecule is COCCNc1ccc2c(c1)N(CCN1CCCC1)/C(=C/C(C)=O)S2.